The lowest BCUT2D eigenvalue weighted by molar-refractivity contribution is 0.518. The lowest BCUT2D eigenvalue weighted by Crippen LogP contribution is -2.08. The zero-order valence-electron chi connectivity index (χ0n) is 9.32. The molecule has 80 valence electrons. The van der Waals surface area contributed by atoms with E-state index in [2.05, 4.69) is 24.0 Å². The Morgan fingerprint density at radius 2 is 1.79 bits per heavy atom. The number of nitrogen functional groups attached to an aromatic ring is 1. The maximum atomic E-state index is 5.66. The van der Waals surface area contributed by atoms with Gasteiger partial charge in [-0.25, -0.2) is 0 Å². The summed E-state index contributed by atoms with van der Waals surface area (Å²) in [6, 6.07) is 0. The van der Waals surface area contributed by atoms with Crippen LogP contribution in [0.25, 0.3) is 0 Å². The molecule has 0 aliphatic heterocycles. The molecule has 0 aromatic carbocycles. The minimum absolute atomic E-state index is 0.511. The minimum Gasteiger partial charge on any atom is -0.368 e. The van der Waals surface area contributed by atoms with Crippen molar-refractivity contribution < 1.29 is 0 Å². The molecular formula is C10H20N4. The maximum absolute atomic E-state index is 5.66. The van der Waals surface area contributed by atoms with Crippen LogP contribution in [0.1, 0.15) is 51.3 Å². The van der Waals surface area contributed by atoms with E-state index in [1.807, 2.05) is 11.6 Å². The highest BCUT2D eigenvalue weighted by atomic mass is 15.3. The first kappa shape index (κ1) is 11.0. The van der Waals surface area contributed by atoms with Gasteiger partial charge < -0.3 is 10.3 Å². The second-order valence-electron chi connectivity index (χ2n) is 3.75. The Balaban J connectivity index is 2.81. The van der Waals surface area contributed by atoms with Crippen LogP contribution >= 0.6 is 0 Å². The van der Waals surface area contributed by atoms with E-state index in [0.29, 0.717) is 11.9 Å². The molecule has 2 N–H and O–H groups in total. The Morgan fingerprint density at radius 1 is 1.21 bits per heavy atom. The summed E-state index contributed by atoms with van der Waals surface area (Å²) in [5.41, 5.74) is 5.66. The van der Waals surface area contributed by atoms with E-state index in [0.717, 1.165) is 5.82 Å². The number of nitrogens with two attached hydrogens (primary N) is 1. The lowest BCUT2D eigenvalue weighted by atomic mass is 9.97. The van der Waals surface area contributed by atoms with Crippen molar-refractivity contribution in [2.24, 2.45) is 7.05 Å². The van der Waals surface area contributed by atoms with Gasteiger partial charge in [0.1, 0.15) is 5.82 Å². The first-order chi connectivity index (χ1) is 6.70. The van der Waals surface area contributed by atoms with Crippen molar-refractivity contribution in [2.75, 3.05) is 5.73 Å². The number of hydrogen-bond acceptors (Lipinski definition) is 3. The highest BCUT2D eigenvalue weighted by Crippen LogP contribution is 2.24. The third-order valence-corrected chi connectivity index (χ3v) is 2.58. The molecule has 1 heterocycles. The summed E-state index contributed by atoms with van der Waals surface area (Å²) < 4.78 is 1.90. The molecule has 0 atom stereocenters. The molecule has 0 fully saturated rings. The predicted octanol–water partition coefficient (Wildman–Crippen LogP) is 2.08. The van der Waals surface area contributed by atoms with Gasteiger partial charge >= 0.3 is 0 Å². The van der Waals surface area contributed by atoms with Crippen molar-refractivity contribution in [1.82, 2.24) is 14.8 Å². The van der Waals surface area contributed by atoms with E-state index in [1.165, 1.54) is 25.7 Å². The van der Waals surface area contributed by atoms with Crippen LogP contribution in [-0.4, -0.2) is 14.8 Å². The first-order valence-corrected chi connectivity index (χ1v) is 5.35. The standard InChI is InChI=1S/C10H20N4/c1-4-6-8(7-5-2)9-12-13-10(11)14(9)3/h8H,4-7H2,1-3H3,(H2,11,13). The van der Waals surface area contributed by atoms with Crippen molar-refractivity contribution in [3.63, 3.8) is 0 Å². The minimum atomic E-state index is 0.511. The van der Waals surface area contributed by atoms with Crippen molar-refractivity contribution >= 4 is 5.95 Å². The highest BCUT2D eigenvalue weighted by Gasteiger charge is 2.16. The van der Waals surface area contributed by atoms with Gasteiger partial charge in [0.05, 0.1) is 0 Å². The molecule has 0 bridgehead atoms. The van der Waals surface area contributed by atoms with Gasteiger partial charge in [0.2, 0.25) is 5.95 Å². The normalized spacial score (nSPS) is 11.1. The fourth-order valence-corrected chi connectivity index (χ4v) is 1.81. The molecule has 14 heavy (non-hydrogen) atoms. The van der Waals surface area contributed by atoms with E-state index in [9.17, 15) is 0 Å². The van der Waals surface area contributed by atoms with Crippen LogP contribution in [0.3, 0.4) is 0 Å². The highest BCUT2D eigenvalue weighted by molar-refractivity contribution is 5.18. The molecule has 4 heteroatoms. The van der Waals surface area contributed by atoms with E-state index in [1.54, 1.807) is 0 Å². The topological polar surface area (TPSA) is 56.7 Å². The Bertz CT molecular complexity index is 274. The summed E-state index contributed by atoms with van der Waals surface area (Å²) in [6.45, 7) is 4.39. The lowest BCUT2D eigenvalue weighted by Gasteiger charge is -2.13. The van der Waals surface area contributed by atoms with Gasteiger partial charge in [0, 0.05) is 13.0 Å². The quantitative estimate of drug-likeness (QED) is 0.784. The van der Waals surface area contributed by atoms with Gasteiger partial charge in [-0.1, -0.05) is 26.7 Å². The molecule has 0 saturated heterocycles. The largest absolute Gasteiger partial charge is 0.368 e. The van der Waals surface area contributed by atoms with Crippen LogP contribution in [0, 0.1) is 0 Å². The van der Waals surface area contributed by atoms with E-state index < -0.39 is 0 Å². The van der Waals surface area contributed by atoms with Crippen LogP contribution in [-0.2, 0) is 7.05 Å². The number of rotatable bonds is 5. The van der Waals surface area contributed by atoms with Gasteiger partial charge in [-0.2, -0.15) is 0 Å². The van der Waals surface area contributed by atoms with Crippen LogP contribution in [0.4, 0.5) is 5.95 Å². The molecule has 0 amide bonds. The Hall–Kier alpha value is -1.06. The Kier molecular flexibility index (Phi) is 3.92. The van der Waals surface area contributed by atoms with Gasteiger partial charge in [0.15, 0.2) is 0 Å². The first-order valence-electron chi connectivity index (χ1n) is 5.35. The van der Waals surface area contributed by atoms with Crippen LogP contribution < -0.4 is 5.73 Å². The SMILES string of the molecule is CCCC(CCC)c1nnc(N)n1C. The zero-order chi connectivity index (χ0) is 10.6. The molecule has 0 unspecified atom stereocenters. The average Bonchev–Trinajstić information content (AvgIpc) is 2.48. The van der Waals surface area contributed by atoms with Crippen LogP contribution in [0.15, 0.2) is 0 Å². The third-order valence-electron chi connectivity index (χ3n) is 2.58. The molecule has 0 spiro atoms. The van der Waals surface area contributed by atoms with E-state index in [4.69, 9.17) is 5.73 Å². The molecule has 1 rings (SSSR count). The smallest absolute Gasteiger partial charge is 0.221 e. The number of anilines is 1. The van der Waals surface area contributed by atoms with E-state index >= 15 is 0 Å². The summed E-state index contributed by atoms with van der Waals surface area (Å²) in [5.74, 6) is 2.06. The van der Waals surface area contributed by atoms with Crippen molar-refractivity contribution in [3.05, 3.63) is 5.82 Å². The van der Waals surface area contributed by atoms with Crippen molar-refractivity contribution in [1.29, 1.82) is 0 Å². The summed E-state index contributed by atoms with van der Waals surface area (Å²) in [5, 5.41) is 8.03. The number of hydrogen-bond donors (Lipinski definition) is 1. The van der Waals surface area contributed by atoms with Crippen molar-refractivity contribution in [2.45, 2.75) is 45.4 Å². The van der Waals surface area contributed by atoms with Crippen LogP contribution in [0.2, 0.25) is 0 Å². The third kappa shape index (κ3) is 2.25. The van der Waals surface area contributed by atoms with Gasteiger partial charge in [0.25, 0.3) is 0 Å². The fraction of sp³-hybridized carbons (Fsp3) is 0.800. The number of nitrogens with zero attached hydrogens (tertiary/aromatic N) is 3. The fourth-order valence-electron chi connectivity index (χ4n) is 1.81. The average molecular weight is 196 g/mol. The molecular weight excluding hydrogens is 176 g/mol. The van der Waals surface area contributed by atoms with Crippen molar-refractivity contribution in [3.8, 4) is 0 Å². The molecule has 0 aliphatic carbocycles. The Labute approximate surface area is 85.5 Å². The van der Waals surface area contributed by atoms with Crippen LogP contribution in [0.5, 0.6) is 0 Å². The van der Waals surface area contributed by atoms with Gasteiger partial charge in [-0.15, -0.1) is 10.2 Å². The molecule has 0 aliphatic rings. The summed E-state index contributed by atoms with van der Waals surface area (Å²) in [6.07, 6.45) is 4.69. The maximum Gasteiger partial charge on any atom is 0.221 e. The summed E-state index contributed by atoms with van der Waals surface area (Å²) >= 11 is 0. The Morgan fingerprint density at radius 3 is 2.14 bits per heavy atom. The molecule has 0 radical (unpaired) electrons. The van der Waals surface area contributed by atoms with Gasteiger partial charge in [-0.3, -0.25) is 0 Å². The number of aromatic nitrogens is 3. The van der Waals surface area contributed by atoms with E-state index in [-0.39, 0.29) is 0 Å². The molecule has 1 aromatic heterocycles. The van der Waals surface area contributed by atoms with Gasteiger partial charge in [-0.05, 0) is 12.8 Å². The molecule has 1 aromatic rings. The monoisotopic (exact) mass is 196 g/mol. The molecule has 4 nitrogen and oxygen atoms in total. The second-order valence-corrected chi connectivity index (χ2v) is 3.75. The predicted molar refractivity (Wildman–Crippen MR) is 58.0 cm³/mol. The zero-order valence-corrected chi connectivity index (χ0v) is 9.32. The second kappa shape index (κ2) is 4.98. The summed E-state index contributed by atoms with van der Waals surface area (Å²) in [7, 11) is 1.93. The molecule has 0 saturated carbocycles. The summed E-state index contributed by atoms with van der Waals surface area (Å²) in [4.78, 5) is 0.